The van der Waals surface area contributed by atoms with E-state index in [9.17, 15) is 10.1 Å². The number of benzene rings is 5. The molecule has 0 saturated heterocycles. The van der Waals surface area contributed by atoms with Crippen molar-refractivity contribution in [3.8, 4) is 45.0 Å². The van der Waals surface area contributed by atoms with Gasteiger partial charge in [0.1, 0.15) is 0 Å². The molecule has 11 aromatic rings. The molecule has 0 radical (unpaired) electrons. The van der Waals surface area contributed by atoms with Crippen LogP contribution in [-0.4, -0.2) is 34.8 Å². The lowest BCUT2D eigenvalue weighted by atomic mass is 10.0. The number of non-ortho nitro benzene ring substituents is 1. The van der Waals surface area contributed by atoms with Gasteiger partial charge in [-0.25, -0.2) is 19.9 Å². The fourth-order valence-electron chi connectivity index (χ4n) is 7.71. The Hall–Kier alpha value is -8.04. The molecule has 0 N–H and O–H groups in total. The standard InChI is InChI=1S/C48H27N7O2/c56-55(57)38-26-36(41-20-16-31-11-9-29-7-3-23-50-44(29)46(31)53-41)25-37(27-38)42-21-17-33-13-12-32-15-19-40(52-47(32)48(33)54-42)35-5-1-4-34(24-35)39-18-14-30-10-8-28-6-2-22-49-43(28)45(30)51-39/h1-27H. The first-order chi connectivity index (χ1) is 28.0. The van der Waals surface area contributed by atoms with E-state index in [0.29, 0.717) is 28.0 Å². The van der Waals surface area contributed by atoms with Crippen molar-refractivity contribution < 1.29 is 4.92 Å². The van der Waals surface area contributed by atoms with Gasteiger partial charge in [-0.05, 0) is 48.5 Å². The first-order valence-corrected chi connectivity index (χ1v) is 18.4. The minimum atomic E-state index is -0.379. The van der Waals surface area contributed by atoms with Gasteiger partial charge < -0.3 is 0 Å². The van der Waals surface area contributed by atoms with Gasteiger partial charge in [0.05, 0.1) is 60.8 Å². The molecule has 5 aromatic carbocycles. The van der Waals surface area contributed by atoms with Crippen LogP contribution in [0.5, 0.6) is 0 Å². The Morgan fingerprint density at radius 2 is 0.684 bits per heavy atom. The van der Waals surface area contributed by atoms with Gasteiger partial charge in [-0.3, -0.25) is 20.1 Å². The minimum Gasteiger partial charge on any atom is -0.258 e. The van der Waals surface area contributed by atoms with E-state index in [1.54, 1.807) is 24.5 Å². The molecule has 6 heterocycles. The lowest BCUT2D eigenvalue weighted by Gasteiger charge is -2.11. The molecule has 0 fully saturated rings. The molecule has 11 rings (SSSR count). The van der Waals surface area contributed by atoms with Gasteiger partial charge in [0.15, 0.2) is 0 Å². The molecule has 0 amide bonds. The highest BCUT2D eigenvalue weighted by atomic mass is 16.6. The SMILES string of the molecule is O=[N+]([O-])c1cc(-c2ccc3ccc4cccnc4c3n2)cc(-c2ccc3ccc4ccc(-c5cccc(-c6ccc7ccc8cccnc8c7n6)c5)nc4c3n2)c1. The molecular weight excluding hydrogens is 707 g/mol. The molecule has 266 valence electrons. The van der Waals surface area contributed by atoms with Crippen LogP contribution in [-0.2, 0) is 0 Å². The summed E-state index contributed by atoms with van der Waals surface area (Å²) < 4.78 is 0. The molecule has 0 spiro atoms. The summed E-state index contributed by atoms with van der Waals surface area (Å²) in [6.07, 6.45) is 3.54. The van der Waals surface area contributed by atoms with Crippen LogP contribution in [0.1, 0.15) is 0 Å². The van der Waals surface area contributed by atoms with E-state index in [-0.39, 0.29) is 10.6 Å². The number of hydrogen-bond acceptors (Lipinski definition) is 8. The Bertz CT molecular complexity index is 3480. The zero-order chi connectivity index (χ0) is 38.0. The van der Waals surface area contributed by atoms with Gasteiger partial charge in [-0.1, -0.05) is 91.0 Å². The molecule has 0 atom stereocenters. The van der Waals surface area contributed by atoms with Crippen molar-refractivity contribution in [1.82, 2.24) is 29.9 Å². The van der Waals surface area contributed by atoms with Crippen molar-refractivity contribution in [3.63, 3.8) is 0 Å². The van der Waals surface area contributed by atoms with Crippen molar-refractivity contribution in [2.75, 3.05) is 0 Å². The number of nitrogens with zero attached hydrogens (tertiary/aromatic N) is 7. The molecule has 9 nitrogen and oxygen atoms in total. The highest BCUT2D eigenvalue weighted by Gasteiger charge is 2.17. The maximum absolute atomic E-state index is 12.3. The van der Waals surface area contributed by atoms with Gasteiger partial charge in [0.25, 0.3) is 5.69 Å². The van der Waals surface area contributed by atoms with Crippen LogP contribution in [0.25, 0.3) is 110 Å². The third-order valence-corrected chi connectivity index (χ3v) is 10.6. The van der Waals surface area contributed by atoms with E-state index < -0.39 is 0 Å². The monoisotopic (exact) mass is 733 g/mol. The van der Waals surface area contributed by atoms with E-state index in [4.69, 9.17) is 19.9 Å². The van der Waals surface area contributed by atoms with E-state index >= 15 is 0 Å². The average Bonchev–Trinajstić information content (AvgIpc) is 3.28. The second-order valence-corrected chi connectivity index (χ2v) is 14.0. The van der Waals surface area contributed by atoms with Crippen molar-refractivity contribution in [2.24, 2.45) is 0 Å². The summed E-state index contributed by atoms with van der Waals surface area (Å²) in [5.41, 5.74) is 10.6. The Balaban J connectivity index is 1.01. The maximum atomic E-state index is 12.3. The van der Waals surface area contributed by atoms with Crippen molar-refractivity contribution in [2.45, 2.75) is 0 Å². The second kappa shape index (κ2) is 12.8. The fourth-order valence-corrected chi connectivity index (χ4v) is 7.71. The van der Waals surface area contributed by atoms with Crippen molar-refractivity contribution >= 4 is 71.1 Å². The summed E-state index contributed by atoms with van der Waals surface area (Å²) >= 11 is 0. The zero-order valence-corrected chi connectivity index (χ0v) is 30.0. The molecule has 57 heavy (non-hydrogen) atoms. The van der Waals surface area contributed by atoms with Crippen molar-refractivity contribution in [3.05, 3.63) is 174 Å². The molecule has 0 aliphatic heterocycles. The highest BCUT2D eigenvalue weighted by molar-refractivity contribution is 6.06. The van der Waals surface area contributed by atoms with Gasteiger partial charge in [0, 0.05) is 79.1 Å². The molecule has 0 aliphatic carbocycles. The first-order valence-electron chi connectivity index (χ1n) is 18.4. The summed E-state index contributed by atoms with van der Waals surface area (Å²) in [5, 5.41) is 18.1. The number of rotatable bonds is 5. The molecule has 9 heteroatoms. The Labute approximate surface area is 324 Å². The Kier molecular flexibility index (Phi) is 7.27. The highest BCUT2D eigenvalue weighted by Crippen LogP contribution is 2.35. The first kappa shape index (κ1) is 32.4. The van der Waals surface area contributed by atoms with E-state index in [1.807, 2.05) is 103 Å². The molecule has 0 bridgehead atoms. The third-order valence-electron chi connectivity index (χ3n) is 10.6. The summed E-state index contributed by atoms with van der Waals surface area (Å²) in [7, 11) is 0. The number of nitro groups is 1. The lowest BCUT2D eigenvalue weighted by molar-refractivity contribution is -0.384. The topological polar surface area (TPSA) is 120 Å². The summed E-state index contributed by atoms with van der Waals surface area (Å²) in [6.45, 7) is 0. The Morgan fingerprint density at radius 1 is 0.351 bits per heavy atom. The average molecular weight is 734 g/mol. The van der Waals surface area contributed by atoms with E-state index in [2.05, 4.69) is 46.4 Å². The van der Waals surface area contributed by atoms with Gasteiger partial charge in [-0.2, -0.15) is 0 Å². The van der Waals surface area contributed by atoms with Crippen LogP contribution in [0.15, 0.2) is 164 Å². The summed E-state index contributed by atoms with van der Waals surface area (Å²) in [6, 6.07) is 49.3. The predicted molar refractivity (Wildman–Crippen MR) is 227 cm³/mol. The van der Waals surface area contributed by atoms with Crippen LogP contribution in [0.4, 0.5) is 5.69 Å². The number of hydrogen-bond donors (Lipinski definition) is 0. The second-order valence-electron chi connectivity index (χ2n) is 14.0. The smallest absolute Gasteiger partial charge is 0.258 e. The van der Waals surface area contributed by atoms with Crippen molar-refractivity contribution in [1.29, 1.82) is 0 Å². The van der Waals surface area contributed by atoms with Gasteiger partial charge in [0.2, 0.25) is 0 Å². The third kappa shape index (κ3) is 5.56. The number of aromatic nitrogens is 6. The van der Waals surface area contributed by atoms with Crippen LogP contribution in [0.2, 0.25) is 0 Å². The number of pyridine rings is 6. The van der Waals surface area contributed by atoms with Gasteiger partial charge >= 0.3 is 0 Å². The number of nitro benzene ring substituents is 1. The maximum Gasteiger partial charge on any atom is 0.270 e. The normalized spacial score (nSPS) is 11.6. The molecule has 0 aliphatic rings. The van der Waals surface area contributed by atoms with Crippen LogP contribution >= 0.6 is 0 Å². The largest absolute Gasteiger partial charge is 0.270 e. The number of fused-ring (bicyclic) bond motifs is 9. The fraction of sp³-hybridized carbons (Fsp3) is 0. The quantitative estimate of drug-likeness (QED) is 0.0973. The molecule has 6 aromatic heterocycles. The molecular formula is C48H27N7O2. The van der Waals surface area contributed by atoms with E-state index in [0.717, 1.165) is 82.4 Å². The zero-order valence-electron chi connectivity index (χ0n) is 30.0. The van der Waals surface area contributed by atoms with Crippen LogP contribution in [0.3, 0.4) is 0 Å². The van der Waals surface area contributed by atoms with Crippen LogP contribution in [0, 0.1) is 10.1 Å². The van der Waals surface area contributed by atoms with Crippen LogP contribution < -0.4 is 0 Å². The van der Waals surface area contributed by atoms with E-state index in [1.165, 1.54) is 0 Å². The minimum absolute atomic E-state index is 0.0501. The lowest BCUT2D eigenvalue weighted by Crippen LogP contribution is -1.95. The molecule has 0 saturated carbocycles. The summed E-state index contributed by atoms with van der Waals surface area (Å²) in [4.78, 5) is 41.4. The predicted octanol–water partition coefficient (Wildman–Crippen LogP) is 11.6. The summed E-state index contributed by atoms with van der Waals surface area (Å²) in [5.74, 6) is 0. The Morgan fingerprint density at radius 3 is 1.09 bits per heavy atom. The molecule has 0 unspecified atom stereocenters. The van der Waals surface area contributed by atoms with Gasteiger partial charge in [-0.15, -0.1) is 0 Å².